The summed E-state index contributed by atoms with van der Waals surface area (Å²) in [6.07, 6.45) is 0. The number of hydrogen-bond acceptors (Lipinski definition) is 2. The van der Waals surface area contributed by atoms with E-state index in [1.165, 1.54) is 4.90 Å². The first-order valence-electron chi connectivity index (χ1n) is 6.83. The van der Waals surface area contributed by atoms with E-state index in [4.69, 9.17) is 0 Å². The first-order valence-corrected chi connectivity index (χ1v) is 6.83. The molecule has 1 N–H and O–H groups in total. The fourth-order valence-corrected chi connectivity index (χ4v) is 3.28. The maximum atomic E-state index is 13.0. The number of rotatable bonds is 0. The second kappa shape index (κ2) is 3.97. The molecule has 1 aliphatic heterocycles. The Morgan fingerprint density at radius 1 is 0.842 bits per heavy atom. The van der Waals surface area contributed by atoms with Crippen LogP contribution in [0.1, 0.15) is 62.3 Å². The summed E-state index contributed by atoms with van der Waals surface area (Å²) in [5, 5.41) is 2.99. The zero-order valence-electron chi connectivity index (χ0n) is 13.8. The molecule has 0 bridgehead atoms. The molecule has 1 aliphatic rings. The highest BCUT2D eigenvalue weighted by Crippen LogP contribution is 2.48. The van der Waals surface area contributed by atoms with E-state index in [9.17, 15) is 9.59 Å². The normalized spacial score (nSPS) is 20.8. The molecule has 0 aromatic carbocycles. The summed E-state index contributed by atoms with van der Waals surface area (Å²) in [5.41, 5.74) is -2.13. The van der Waals surface area contributed by atoms with E-state index in [0.29, 0.717) is 0 Å². The maximum Gasteiger partial charge on any atom is 0.325 e. The van der Waals surface area contributed by atoms with E-state index >= 15 is 0 Å². The smallest absolute Gasteiger partial charge is 0.322 e. The van der Waals surface area contributed by atoms with Crippen molar-refractivity contribution in [3.63, 3.8) is 0 Å². The molecular weight excluding hydrogens is 240 g/mol. The topological polar surface area (TPSA) is 49.4 Å². The van der Waals surface area contributed by atoms with Crippen LogP contribution in [0.25, 0.3) is 0 Å². The summed E-state index contributed by atoms with van der Waals surface area (Å²) in [7, 11) is 0. The summed E-state index contributed by atoms with van der Waals surface area (Å²) in [6.45, 7) is 17.7. The minimum atomic E-state index is -0.885. The minimum Gasteiger partial charge on any atom is -0.322 e. The predicted octanol–water partition coefficient (Wildman–Crippen LogP) is 3.17. The molecule has 0 radical (unpaired) electrons. The van der Waals surface area contributed by atoms with Crippen molar-refractivity contribution in [3.05, 3.63) is 0 Å². The number of hydrogen-bond donors (Lipinski definition) is 1. The SMILES string of the molecule is CC(C)(C)N1C(=O)NC(C(C)(C)C)(C(C)(C)C)C1=O. The van der Waals surface area contributed by atoms with Gasteiger partial charge in [-0.25, -0.2) is 4.79 Å². The first-order chi connectivity index (χ1) is 8.16. The molecule has 0 unspecified atom stereocenters. The van der Waals surface area contributed by atoms with Crippen molar-refractivity contribution >= 4 is 11.9 Å². The third-order valence-electron chi connectivity index (χ3n) is 3.94. The largest absolute Gasteiger partial charge is 0.325 e. The van der Waals surface area contributed by atoms with Crippen molar-refractivity contribution in [2.45, 2.75) is 73.4 Å². The molecule has 0 atom stereocenters. The van der Waals surface area contributed by atoms with Crippen molar-refractivity contribution in [2.24, 2.45) is 10.8 Å². The van der Waals surface area contributed by atoms with Crippen LogP contribution >= 0.6 is 0 Å². The average Bonchev–Trinajstić information content (AvgIpc) is 2.34. The highest BCUT2D eigenvalue weighted by molar-refractivity contribution is 6.08. The lowest BCUT2D eigenvalue weighted by Gasteiger charge is -2.49. The number of amides is 3. The lowest BCUT2D eigenvalue weighted by Crippen LogP contribution is -2.65. The average molecular weight is 268 g/mol. The maximum absolute atomic E-state index is 13.0. The standard InChI is InChI=1S/C15H28N2O2/c1-12(2,3)15(13(4,5)6)10(18)17(11(19)16-15)14(7,8)9/h1-9H3,(H,16,19). The Hall–Kier alpha value is -1.06. The molecular formula is C15H28N2O2. The summed E-state index contributed by atoms with van der Waals surface area (Å²) in [5.74, 6) is -0.120. The molecule has 0 aromatic heterocycles. The monoisotopic (exact) mass is 268 g/mol. The highest BCUT2D eigenvalue weighted by atomic mass is 16.2. The molecule has 1 fully saturated rings. The summed E-state index contributed by atoms with van der Waals surface area (Å²) >= 11 is 0. The molecule has 1 rings (SSSR count). The molecule has 110 valence electrons. The van der Waals surface area contributed by atoms with Crippen LogP contribution in [-0.2, 0) is 4.79 Å². The van der Waals surface area contributed by atoms with Gasteiger partial charge in [-0.05, 0) is 31.6 Å². The zero-order valence-corrected chi connectivity index (χ0v) is 13.8. The van der Waals surface area contributed by atoms with Crippen LogP contribution in [0.5, 0.6) is 0 Å². The number of carbonyl (C=O) groups is 2. The predicted molar refractivity (Wildman–Crippen MR) is 76.8 cm³/mol. The van der Waals surface area contributed by atoms with Gasteiger partial charge in [0.1, 0.15) is 5.54 Å². The van der Waals surface area contributed by atoms with Gasteiger partial charge in [0.25, 0.3) is 5.91 Å². The third kappa shape index (κ3) is 2.15. The Labute approximate surface area is 116 Å². The molecule has 1 saturated heterocycles. The van der Waals surface area contributed by atoms with Gasteiger partial charge in [-0.15, -0.1) is 0 Å². The van der Waals surface area contributed by atoms with Gasteiger partial charge in [-0.1, -0.05) is 41.5 Å². The Kier molecular flexibility index (Phi) is 3.34. The lowest BCUT2D eigenvalue weighted by molar-refractivity contribution is -0.144. The lowest BCUT2D eigenvalue weighted by atomic mass is 9.60. The van der Waals surface area contributed by atoms with E-state index in [-0.39, 0.29) is 22.8 Å². The van der Waals surface area contributed by atoms with Gasteiger partial charge in [0, 0.05) is 5.54 Å². The van der Waals surface area contributed by atoms with Crippen molar-refractivity contribution < 1.29 is 9.59 Å². The molecule has 1 heterocycles. The number of urea groups is 1. The van der Waals surface area contributed by atoms with Crippen LogP contribution in [0.15, 0.2) is 0 Å². The molecule has 4 heteroatoms. The molecule has 0 saturated carbocycles. The molecule has 4 nitrogen and oxygen atoms in total. The number of imide groups is 1. The molecule has 19 heavy (non-hydrogen) atoms. The van der Waals surface area contributed by atoms with E-state index in [2.05, 4.69) is 5.32 Å². The minimum absolute atomic E-state index is 0.120. The fourth-order valence-electron chi connectivity index (χ4n) is 3.28. The van der Waals surface area contributed by atoms with Gasteiger partial charge < -0.3 is 5.32 Å². The number of nitrogens with one attached hydrogen (secondary N) is 1. The van der Waals surface area contributed by atoms with Crippen molar-refractivity contribution in [1.82, 2.24) is 10.2 Å². The van der Waals surface area contributed by atoms with Gasteiger partial charge in [0.05, 0.1) is 0 Å². The van der Waals surface area contributed by atoms with Crippen molar-refractivity contribution in [2.75, 3.05) is 0 Å². The molecule has 0 aromatic rings. The molecule has 0 aliphatic carbocycles. The second-order valence-corrected chi connectivity index (χ2v) is 8.49. The molecule has 0 spiro atoms. The zero-order chi connectivity index (χ0) is 15.4. The van der Waals surface area contributed by atoms with E-state index in [0.717, 1.165) is 0 Å². The van der Waals surface area contributed by atoms with Crippen LogP contribution in [0.4, 0.5) is 4.79 Å². The Bertz CT molecular complexity index is 391. The van der Waals surface area contributed by atoms with Crippen LogP contribution in [0.3, 0.4) is 0 Å². The molecule has 3 amide bonds. The Morgan fingerprint density at radius 3 is 1.37 bits per heavy atom. The summed E-state index contributed by atoms with van der Waals surface area (Å²) < 4.78 is 0. The summed E-state index contributed by atoms with van der Waals surface area (Å²) in [6, 6.07) is -0.289. The van der Waals surface area contributed by atoms with E-state index in [1.54, 1.807) is 0 Å². The summed E-state index contributed by atoms with van der Waals surface area (Å²) in [4.78, 5) is 26.7. The fraction of sp³-hybridized carbons (Fsp3) is 0.867. The van der Waals surface area contributed by atoms with Gasteiger partial charge in [0.2, 0.25) is 0 Å². The van der Waals surface area contributed by atoms with Gasteiger partial charge in [-0.3, -0.25) is 9.69 Å². The van der Waals surface area contributed by atoms with Crippen LogP contribution < -0.4 is 5.32 Å². The first kappa shape index (κ1) is 16.0. The second-order valence-electron chi connectivity index (χ2n) is 8.49. The van der Waals surface area contributed by atoms with Crippen LogP contribution in [-0.4, -0.2) is 27.9 Å². The van der Waals surface area contributed by atoms with Gasteiger partial charge >= 0.3 is 6.03 Å². The van der Waals surface area contributed by atoms with Crippen LogP contribution in [0.2, 0.25) is 0 Å². The van der Waals surface area contributed by atoms with Crippen molar-refractivity contribution in [1.29, 1.82) is 0 Å². The van der Waals surface area contributed by atoms with E-state index in [1.807, 2.05) is 62.3 Å². The Morgan fingerprint density at radius 2 is 1.21 bits per heavy atom. The van der Waals surface area contributed by atoms with Gasteiger partial charge in [0.15, 0.2) is 0 Å². The van der Waals surface area contributed by atoms with Crippen molar-refractivity contribution in [3.8, 4) is 0 Å². The van der Waals surface area contributed by atoms with E-state index < -0.39 is 11.1 Å². The highest BCUT2D eigenvalue weighted by Gasteiger charge is 2.65. The third-order valence-corrected chi connectivity index (χ3v) is 3.94. The Balaban J connectivity index is 3.49. The van der Waals surface area contributed by atoms with Crippen LogP contribution in [0, 0.1) is 10.8 Å². The quantitative estimate of drug-likeness (QED) is 0.686. The van der Waals surface area contributed by atoms with Gasteiger partial charge in [-0.2, -0.15) is 0 Å². The number of carbonyl (C=O) groups excluding carboxylic acids is 2. The number of nitrogens with zero attached hydrogens (tertiary/aromatic N) is 1.